The summed E-state index contributed by atoms with van der Waals surface area (Å²) in [5, 5.41) is 8.74. The number of aliphatic hydroxyl groups excluding tert-OH is 1. The van der Waals surface area contributed by atoms with Crippen molar-refractivity contribution in [2.75, 3.05) is 0 Å². The molecule has 0 radical (unpaired) electrons. The first-order chi connectivity index (χ1) is 6.01. The second-order valence-electron chi connectivity index (χ2n) is 2.16. The molecule has 0 saturated carbocycles. The van der Waals surface area contributed by atoms with Crippen LogP contribution in [0.3, 0.4) is 0 Å². The van der Waals surface area contributed by atoms with Crippen molar-refractivity contribution >= 4 is 20.8 Å². The summed E-state index contributed by atoms with van der Waals surface area (Å²) in [7, 11) is -10.0. The van der Waals surface area contributed by atoms with Gasteiger partial charge in [-0.3, -0.25) is 9.11 Å². The van der Waals surface area contributed by atoms with Crippen LogP contribution in [0.2, 0.25) is 0 Å². The van der Waals surface area contributed by atoms with Gasteiger partial charge in [0.2, 0.25) is 6.29 Å². The predicted molar refractivity (Wildman–Crippen MR) is 40.7 cm³/mol. The maximum absolute atomic E-state index is 10.1. The van der Waals surface area contributed by atoms with E-state index in [0.717, 1.165) is 6.92 Å². The highest BCUT2D eigenvalue weighted by Crippen LogP contribution is 2.07. The van der Waals surface area contributed by atoms with E-state index >= 15 is 0 Å². The van der Waals surface area contributed by atoms with Crippen LogP contribution in [0.1, 0.15) is 6.92 Å². The van der Waals surface area contributed by atoms with Gasteiger partial charge in [-0.15, -0.1) is 0 Å². The van der Waals surface area contributed by atoms with Crippen molar-refractivity contribution in [3.05, 3.63) is 0 Å². The second-order valence-corrected chi connectivity index (χ2v) is 4.25. The average Bonchev–Trinajstić information content (AvgIpc) is 1.78. The van der Waals surface area contributed by atoms with Gasteiger partial charge in [0, 0.05) is 0 Å². The van der Waals surface area contributed by atoms with Crippen LogP contribution in [0.25, 0.3) is 0 Å². The zero-order chi connectivity index (χ0) is 11.6. The van der Waals surface area contributed by atoms with Gasteiger partial charge in [-0.1, -0.05) is 0 Å². The highest BCUT2D eigenvalue weighted by molar-refractivity contribution is 7.81. The quantitative estimate of drug-likeness (QED) is 0.385. The van der Waals surface area contributed by atoms with Crippen LogP contribution in [0.4, 0.5) is 0 Å². The van der Waals surface area contributed by atoms with Crippen molar-refractivity contribution in [3.8, 4) is 0 Å². The molecule has 0 aliphatic heterocycles. The predicted octanol–water partition coefficient (Wildman–Crippen LogP) is -1.67. The summed E-state index contributed by atoms with van der Waals surface area (Å²) in [6, 6.07) is 0. The lowest BCUT2D eigenvalue weighted by Crippen LogP contribution is -2.33. The van der Waals surface area contributed by atoms with E-state index in [9.17, 15) is 16.8 Å². The highest BCUT2D eigenvalue weighted by atomic mass is 32.3. The van der Waals surface area contributed by atoms with E-state index in [-0.39, 0.29) is 0 Å². The molecule has 1 unspecified atom stereocenters. The molecule has 0 amide bonds. The fraction of sp³-hybridized carbons (Fsp3) is 1.00. The molecular weight excluding hydrogens is 244 g/mol. The van der Waals surface area contributed by atoms with Gasteiger partial charge in [0.15, 0.2) is 0 Å². The molecule has 86 valence electrons. The molecule has 0 aliphatic rings. The molecule has 0 aliphatic carbocycles. The van der Waals surface area contributed by atoms with Crippen molar-refractivity contribution in [1.82, 2.24) is 0 Å². The van der Waals surface area contributed by atoms with Gasteiger partial charge in [-0.25, -0.2) is 8.37 Å². The lowest BCUT2D eigenvalue weighted by atomic mass is 10.4. The SMILES string of the molecule is CC(O)C(OS(=O)(=O)O)OS(=O)(=O)O. The standard InChI is InChI=1S/C3H8O9S2/c1-2(4)3(11-13(5,6)7)12-14(8,9)10/h2-4H,1H3,(H,5,6,7)(H,8,9,10). The summed E-state index contributed by atoms with van der Waals surface area (Å²) in [6.45, 7) is 0.918. The normalized spacial score (nSPS) is 15.8. The largest absolute Gasteiger partial charge is 0.400 e. The van der Waals surface area contributed by atoms with E-state index in [0.29, 0.717) is 0 Å². The summed E-state index contributed by atoms with van der Waals surface area (Å²) in [4.78, 5) is 0. The second kappa shape index (κ2) is 4.48. The Hall–Kier alpha value is -0.300. The van der Waals surface area contributed by atoms with E-state index in [4.69, 9.17) is 14.2 Å². The molecule has 0 rings (SSSR count). The molecule has 3 N–H and O–H groups in total. The molecule has 0 bridgehead atoms. The Balaban J connectivity index is 4.64. The molecule has 14 heavy (non-hydrogen) atoms. The monoisotopic (exact) mass is 252 g/mol. The molecule has 0 aromatic heterocycles. The zero-order valence-electron chi connectivity index (χ0n) is 6.76. The summed E-state index contributed by atoms with van der Waals surface area (Å²) in [6.07, 6.45) is -3.96. The Bertz CT molecular complexity index is 329. The third-order valence-electron chi connectivity index (χ3n) is 0.827. The maximum atomic E-state index is 10.1. The van der Waals surface area contributed by atoms with E-state index in [1.165, 1.54) is 0 Å². The Morgan fingerprint density at radius 2 is 1.29 bits per heavy atom. The Labute approximate surface area is 80.2 Å². The van der Waals surface area contributed by atoms with E-state index in [2.05, 4.69) is 8.37 Å². The molecule has 0 saturated heterocycles. The van der Waals surface area contributed by atoms with Crippen molar-refractivity contribution in [2.45, 2.75) is 19.3 Å². The van der Waals surface area contributed by atoms with E-state index < -0.39 is 33.2 Å². The van der Waals surface area contributed by atoms with Crippen molar-refractivity contribution in [3.63, 3.8) is 0 Å². The van der Waals surface area contributed by atoms with Gasteiger partial charge >= 0.3 is 20.8 Å². The minimum Gasteiger partial charge on any atom is -0.388 e. The van der Waals surface area contributed by atoms with Crippen LogP contribution in [0.15, 0.2) is 0 Å². The Morgan fingerprint density at radius 3 is 1.43 bits per heavy atom. The van der Waals surface area contributed by atoms with Crippen molar-refractivity contribution < 1.29 is 39.4 Å². The topological polar surface area (TPSA) is 147 Å². The first kappa shape index (κ1) is 13.7. The lowest BCUT2D eigenvalue weighted by molar-refractivity contribution is -0.0801. The first-order valence-electron chi connectivity index (χ1n) is 3.01. The lowest BCUT2D eigenvalue weighted by Gasteiger charge is -2.15. The Morgan fingerprint density at radius 1 is 1.00 bits per heavy atom. The molecule has 11 heteroatoms. The van der Waals surface area contributed by atoms with Crippen molar-refractivity contribution in [1.29, 1.82) is 0 Å². The van der Waals surface area contributed by atoms with Crippen LogP contribution in [0, 0.1) is 0 Å². The van der Waals surface area contributed by atoms with Gasteiger partial charge in [0.05, 0.1) is 0 Å². The zero-order valence-corrected chi connectivity index (χ0v) is 8.40. The molecular formula is C3H8O9S2. The molecule has 1 atom stereocenters. The van der Waals surface area contributed by atoms with Crippen LogP contribution in [-0.4, -0.2) is 43.4 Å². The molecule has 0 spiro atoms. The summed E-state index contributed by atoms with van der Waals surface area (Å²) >= 11 is 0. The van der Waals surface area contributed by atoms with Crippen LogP contribution >= 0.6 is 0 Å². The third kappa shape index (κ3) is 7.14. The number of aliphatic hydroxyl groups is 1. The summed E-state index contributed by atoms with van der Waals surface area (Å²) in [5.41, 5.74) is 0. The summed E-state index contributed by atoms with van der Waals surface area (Å²) < 4.78 is 63.8. The number of hydrogen-bond donors (Lipinski definition) is 3. The van der Waals surface area contributed by atoms with E-state index in [1.54, 1.807) is 0 Å². The Kier molecular flexibility index (Phi) is 4.38. The first-order valence-corrected chi connectivity index (χ1v) is 5.74. The van der Waals surface area contributed by atoms with Crippen LogP contribution < -0.4 is 0 Å². The smallest absolute Gasteiger partial charge is 0.388 e. The molecule has 0 aromatic rings. The fourth-order valence-electron chi connectivity index (χ4n) is 0.417. The number of rotatable bonds is 5. The van der Waals surface area contributed by atoms with Crippen LogP contribution in [-0.2, 0) is 29.2 Å². The maximum Gasteiger partial charge on any atom is 0.400 e. The van der Waals surface area contributed by atoms with Gasteiger partial charge in [-0.05, 0) is 6.92 Å². The van der Waals surface area contributed by atoms with Gasteiger partial charge in [-0.2, -0.15) is 16.8 Å². The highest BCUT2D eigenvalue weighted by Gasteiger charge is 2.27. The minimum atomic E-state index is -5.00. The summed E-state index contributed by atoms with van der Waals surface area (Å²) in [5.74, 6) is 0. The average molecular weight is 252 g/mol. The van der Waals surface area contributed by atoms with Crippen molar-refractivity contribution in [2.24, 2.45) is 0 Å². The number of hydrogen-bond acceptors (Lipinski definition) is 7. The third-order valence-corrected chi connectivity index (χ3v) is 1.69. The van der Waals surface area contributed by atoms with E-state index in [1.807, 2.05) is 0 Å². The molecule has 0 aromatic carbocycles. The van der Waals surface area contributed by atoms with Gasteiger partial charge in [0.1, 0.15) is 6.10 Å². The van der Waals surface area contributed by atoms with Gasteiger partial charge < -0.3 is 5.11 Å². The van der Waals surface area contributed by atoms with Crippen LogP contribution in [0.5, 0.6) is 0 Å². The van der Waals surface area contributed by atoms with Gasteiger partial charge in [0.25, 0.3) is 0 Å². The fourth-order valence-corrected chi connectivity index (χ4v) is 1.35. The molecule has 9 nitrogen and oxygen atoms in total. The minimum absolute atomic E-state index is 0.918. The molecule has 0 heterocycles. The molecule has 0 fully saturated rings.